The monoisotopic (exact) mass is 363 g/mol. The van der Waals surface area contributed by atoms with E-state index < -0.39 is 10.9 Å². The number of rotatable bonds is 5. The number of hydrogen-bond acceptors (Lipinski definition) is 7. The molecule has 128 valence electrons. The van der Waals surface area contributed by atoms with E-state index in [1.807, 2.05) is 0 Å². The largest absolute Gasteiger partial charge is 0.478 e. The van der Waals surface area contributed by atoms with Crippen LogP contribution in [-0.2, 0) is 0 Å². The van der Waals surface area contributed by atoms with Crippen LogP contribution in [0, 0.1) is 10.1 Å². The first-order valence-electron chi connectivity index (χ1n) is 6.85. The highest BCUT2D eigenvalue weighted by Gasteiger charge is 2.22. The zero-order valence-corrected chi connectivity index (χ0v) is 13.2. The summed E-state index contributed by atoms with van der Waals surface area (Å²) in [5.41, 5.74) is 2.82. The predicted octanol–water partition coefficient (Wildman–Crippen LogP) is 3.12. The molecular formula is C15H10ClN3O6. The van der Waals surface area contributed by atoms with Gasteiger partial charge in [-0.1, -0.05) is 11.6 Å². The molecular weight excluding hydrogens is 354 g/mol. The van der Waals surface area contributed by atoms with Gasteiger partial charge in [-0.05, 0) is 24.3 Å². The van der Waals surface area contributed by atoms with Crippen molar-refractivity contribution >= 4 is 35.2 Å². The quantitative estimate of drug-likeness (QED) is 0.475. The van der Waals surface area contributed by atoms with Gasteiger partial charge in [-0.15, -0.1) is 0 Å². The third kappa shape index (κ3) is 3.45. The predicted molar refractivity (Wildman–Crippen MR) is 88.8 cm³/mol. The van der Waals surface area contributed by atoms with Gasteiger partial charge in [0.25, 0.3) is 5.69 Å². The van der Waals surface area contributed by atoms with Crippen LogP contribution in [0.15, 0.2) is 35.4 Å². The number of aromatic carboxylic acids is 1. The van der Waals surface area contributed by atoms with E-state index in [1.165, 1.54) is 36.5 Å². The zero-order chi connectivity index (χ0) is 18.0. The van der Waals surface area contributed by atoms with Crippen molar-refractivity contribution in [2.45, 2.75) is 0 Å². The SMILES string of the molecule is O=C(O)c1ccc(Cl)c(NN=Cc2cc3c(cc2[N+](=O)[O-])OCO3)c1. The molecule has 0 aromatic heterocycles. The fourth-order valence-corrected chi connectivity index (χ4v) is 2.28. The Labute approximate surface area is 145 Å². The van der Waals surface area contributed by atoms with Gasteiger partial charge in [0.1, 0.15) is 0 Å². The topological polar surface area (TPSA) is 123 Å². The van der Waals surface area contributed by atoms with Gasteiger partial charge in [-0.3, -0.25) is 15.5 Å². The number of carboxylic acid groups (broad SMARTS) is 1. The molecule has 0 saturated carbocycles. The van der Waals surface area contributed by atoms with Gasteiger partial charge in [0.05, 0.1) is 39.0 Å². The maximum Gasteiger partial charge on any atom is 0.335 e. The van der Waals surface area contributed by atoms with E-state index in [1.54, 1.807) is 0 Å². The van der Waals surface area contributed by atoms with Gasteiger partial charge in [0.2, 0.25) is 6.79 Å². The fourth-order valence-electron chi connectivity index (χ4n) is 2.12. The van der Waals surface area contributed by atoms with E-state index in [4.69, 9.17) is 26.2 Å². The Kier molecular flexibility index (Phi) is 4.40. The number of nitrogens with one attached hydrogen (secondary N) is 1. The molecule has 1 aliphatic rings. The van der Waals surface area contributed by atoms with Crippen molar-refractivity contribution in [1.29, 1.82) is 0 Å². The van der Waals surface area contributed by atoms with Crippen molar-refractivity contribution < 1.29 is 24.3 Å². The zero-order valence-electron chi connectivity index (χ0n) is 12.4. The van der Waals surface area contributed by atoms with Gasteiger partial charge in [0, 0.05) is 0 Å². The Balaban J connectivity index is 1.87. The van der Waals surface area contributed by atoms with Crippen LogP contribution in [-0.4, -0.2) is 29.0 Å². The van der Waals surface area contributed by atoms with Crippen molar-refractivity contribution in [2.24, 2.45) is 5.10 Å². The standard InChI is InChI=1S/C15H10ClN3O6/c16-10-2-1-8(15(20)21)3-11(10)18-17-6-9-4-13-14(25-7-24-13)5-12(9)19(22)23/h1-6,18H,7H2,(H,20,21). The minimum absolute atomic E-state index is 0.0110. The Bertz CT molecular complexity index is 899. The van der Waals surface area contributed by atoms with Crippen LogP contribution in [0.1, 0.15) is 15.9 Å². The Morgan fingerprint density at radius 2 is 2.04 bits per heavy atom. The molecule has 2 aromatic rings. The number of carboxylic acids is 1. The minimum atomic E-state index is -1.12. The number of benzene rings is 2. The molecule has 0 spiro atoms. The highest BCUT2D eigenvalue weighted by Crippen LogP contribution is 2.37. The minimum Gasteiger partial charge on any atom is -0.478 e. The molecule has 0 unspecified atom stereocenters. The van der Waals surface area contributed by atoms with Crippen LogP contribution < -0.4 is 14.9 Å². The van der Waals surface area contributed by atoms with Gasteiger partial charge >= 0.3 is 5.97 Å². The number of hydrazone groups is 1. The highest BCUT2D eigenvalue weighted by atomic mass is 35.5. The number of nitro benzene ring substituents is 1. The van der Waals surface area contributed by atoms with Gasteiger partial charge in [-0.25, -0.2) is 4.79 Å². The maximum atomic E-state index is 11.2. The number of carbonyl (C=O) groups is 1. The number of halogens is 1. The van der Waals surface area contributed by atoms with E-state index in [-0.39, 0.29) is 40.1 Å². The lowest BCUT2D eigenvalue weighted by Gasteiger charge is -2.05. The number of nitro groups is 1. The maximum absolute atomic E-state index is 11.2. The molecule has 9 nitrogen and oxygen atoms in total. The summed E-state index contributed by atoms with van der Waals surface area (Å²) in [6.45, 7) is -0.0110. The molecule has 1 heterocycles. The van der Waals surface area contributed by atoms with Crippen LogP contribution >= 0.6 is 11.6 Å². The van der Waals surface area contributed by atoms with Crippen LogP contribution in [0.25, 0.3) is 0 Å². The molecule has 0 fully saturated rings. The number of ether oxygens (including phenoxy) is 2. The lowest BCUT2D eigenvalue weighted by molar-refractivity contribution is -0.385. The molecule has 10 heteroatoms. The van der Waals surface area contributed by atoms with Crippen molar-refractivity contribution in [3.8, 4) is 11.5 Å². The van der Waals surface area contributed by atoms with Gasteiger partial charge in [0.15, 0.2) is 11.5 Å². The van der Waals surface area contributed by atoms with E-state index in [9.17, 15) is 14.9 Å². The molecule has 0 aliphatic carbocycles. The summed E-state index contributed by atoms with van der Waals surface area (Å²) in [6, 6.07) is 6.74. The average molecular weight is 364 g/mol. The molecule has 1 aliphatic heterocycles. The average Bonchev–Trinajstić information content (AvgIpc) is 3.02. The van der Waals surface area contributed by atoms with E-state index in [2.05, 4.69) is 10.5 Å². The summed E-state index contributed by atoms with van der Waals surface area (Å²) >= 11 is 5.97. The molecule has 0 bridgehead atoms. The smallest absolute Gasteiger partial charge is 0.335 e. The first-order chi connectivity index (χ1) is 12.0. The molecule has 2 aromatic carbocycles. The molecule has 2 N–H and O–H groups in total. The van der Waals surface area contributed by atoms with Gasteiger partial charge < -0.3 is 14.6 Å². The first-order valence-corrected chi connectivity index (χ1v) is 7.23. The lowest BCUT2D eigenvalue weighted by Crippen LogP contribution is -1.99. The molecule has 0 radical (unpaired) electrons. The lowest BCUT2D eigenvalue weighted by atomic mass is 10.1. The van der Waals surface area contributed by atoms with Crippen LogP contribution in [0.5, 0.6) is 11.5 Å². The van der Waals surface area contributed by atoms with E-state index >= 15 is 0 Å². The summed E-state index contributed by atoms with van der Waals surface area (Å²) < 4.78 is 10.3. The molecule has 25 heavy (non-hydrogen) atoms. The normalized spacial score (nSPS) is 12.4. The molecule has 0 saturated heterocycles. The number of hydrogen-bond donors (Lipinski definition) is 2. The summed E-state index contributed by atoms with van der Waals surface area (Å²) in [5.74, 6) is -0.456. The van der Waals surface area contributed by atoms with Crippen molar-refractivity contribution in [3.63, 3.8) is 0 Å². The van der Waals surface area contributed by atoms with Crippen LogP contribution in [0.4, 0.5) is 11.4 Å². The third-order valence-corrected chi connectivity index (χ3v) is 3.65. The van der Waals surface area contributed by atoms with Crippen molar-refractivity contribution in [2.75, 3.05) is 12.2 Å². The van der Waals surface area contributed by atoms with Crippen LogP contribution in [0.2, 0.25) is 5.02 Å². The van der Waals surface area contributed by atoms with Gasteiger partial charge in [-0.2, -0.15) is 5.10 Å². The van der Waals surface area contributed by atoms with Crippen molar-refractivity contribution in [3.05, 3.63) is 56.6 Å². The molecule has 0 atom stereocenters. The van der Waals surface area contributed by atoms with E-state index in [0.717, 1.165) is 0 Å². The second-order valence-corrected chi connectivity index (χ2v) is 5.30. The van der Waals surface area contributed by atoms with Crippen LogP contribution in [0.3, 0.4) is 0 Å². The second kappa shape index (κ2) is 6.65. The molecule has 0 amide bonds. The Morgan fingerprint density at radius 3 is 2.72 bits per heavy atom. The summed E-state index contributed by atoms with van der Waals surface area (Å²) in [4.78, 5) is 21.6. The molecule has 3 rings (SSSR count). The second-order valence-electron chi connectivity index (χ2n) is 4.89. The first kappa shape index (κ1) is 16.5. The summed E-state index contributed by atoms with van der Waals surface area (Å²) in [7, 11) is 0. The van der Waals surface area contributed by atoms with Crippen molar-refractivity contribution in [1.82, 2.24) is 0 Å². The number of anilines is 1. The third-order valence-electron chi connectivity index (χ3n) is 3.32. The highest BCUT2D eigenvalue weighted by molar-refractivity contribution is 6.33. The Hall–Kier alpha value is -3.33. The van der Waals surface area contributed by atoms with E-state index in [0.29, 0.717) is 5.75 Å². The summed E-state index contributed by atoms with van der Waals surface area (Å²) in [5, 5.41) is 24.3. The Morgan fingerprint density at radius 1 is 1.32 bits per heavy atom. The summed E-state index contributed by atoms with van der Waals surface area (Å²) in [6.07, 6.45) is 1.21. The number of fused-ring (bicyclic) bond motifs is 1. The fraction of sp³-hybridized carbons (Fsp3) is 0.0667. The number of nitrogens with zero attached hydrogens (tertiary/aromatic N) is 2.